The van der Waals surface area contributed by atoms with Crippen molar-refractivity contribution in [3.05, 3.63) is 63.9 Å². The van der Waals surface area contributed by atoms with E-state index in [0.717, 1.165) is 11.6 Å². The molecule has 0 fully saturated rings. The highest BCUT2D eigenvalue weighted by molar-refractivity contribution is 7.10. The molecule has 0 spiro atoms. The zero-order chi connectivity index (χ0) is 21.6. The zero-order valence-corrected chi connectivity index (χ0v) is 16.8. The molecule has 0 saturated carbocycles. The molecule has 30 heavy (non-hydrogen) atoms. The highest BCUT2D eigenvalue weighted by Crippen LogP contribution is 2.38. The van der Waals surface area contributed by atoms with E-state index >= 15 is 0 Å². The van der Waals surface area contributed by atoms with Crippen LogP contribution in [0.4, 0.5) is 24.5 Å². The number of fused-ring (bicyclic) bond motifs is 1. The molecule has 1 atom stereocenters. The number of aryl methyl sites for hydroxylation is 1. The van der Waals surface area contributed by atoms with Gasteiger partial charge in [0.15, 0.2) is 0 Å². The lowest BCUT2D eigenvalue weighted by Crippen LogP contribution is -2.42. The summed E-state index contributed by atoms with van der Waals surface area (Å²) in [5.41, 5.74) is 1.80. The molecule has 6 nitrogen and oxygen atoms in total. The molecule has 4 rings (SSSR count). The number of nitrogens with one attached hydrogen (secondary N) is 1. The maximum absolute atomic E-state index is 13.2. The van der Waals surface area contributed by atoms with Crippen molar-refractivity contribution in [1.82, 2.24) is 9.55 Å². The van der Waals surface area contributed by atoms with Crippen LogP contribution >= 0.6 is 11.3 Å². The van der Waals surface area contributed by atoms with Crippen molar-refractivity contribution in [1.29, 1.82) is 0 Å². The van der Waals surface area contributed by atoms with E-state index in [-0.39, 0.29) is 29.5 Å². The number of hydrogen-bond acceptors (Lipinski definition) is 4. The van der Waals surface area contributed by atoms with E-state index in [2.05, 4.69) is 10.3 Å². The standard InChI is InChI=1S/C20H17F3N4O2S/c1-11-3-5-24-8-15(11)25-18(28)14-4-6-26-12(2)9-27(19(29)17(14)26)13-7-16(30-10-13)20(21,22)23/h3-8,10,12H,9H2,1-2H3,(H,25,28)/t12-/m0/s1. The lowest BCUT2D eigenvalue weighted by atomic mass is 10.1. The SMILES string of the molecule is Cc1ccncc1NC(=O)c1ccn2c1C(=O)N(c1csc(C(F)(F)F)c1)C[C@@H]2C. The number of carbonyl (C=O) groups excluding carboxylic acids is 2. The Balaban J connectivity index is 1.67. The Bertz CT molecular complexity index is 1140. The average Bonchev–Trinajstić information content (AvgIpc) is 3.34. The number of amides is 2. The Kier molecular flexibility index (Phi) is 4.89. The summed E-state index contributed by atoms with van der Waals surface area (Å²) in [6.07, 6.45) is 0.288. The molecule has 0 saturated heterocycles. The number of thiophene rings is 1. The summed E-state index contributed by atoms with van der Waals surface area (Å²) in [6, 6.07) is 4.04. The number of halogens is 3. The van der Waals surface area contributed by atoms with E-state index in [1.165, 1.54) is 16.5 Å². The quantitative estimate of drug-likeness (QED) is 0.647. The van der Waals surface area contributed by atoms with Crippen molar-refractivity contribution in [2.24, 2.45) is 0 Å². The molecular weight excluding hydrogens is 417 g/mol. The Morgan fingerprint density at radius 2 is 2.10 bits per heavy atom. The number of carbonyl (C=O) groups is 2. The molecule has 10 heteroatoms. The van der Waals surface area contributed by atoms with Crippen molar-refractivity contribution in [3.63, 3.8) is 0 Å². The van der Waals surface area contributed by atoms with Crippen molar-refractivity contribution in [3.8, 4) is 0 Å². The van der Waals surface area contributed by atoms with Crippen LogP contribution in [0, 0.1) is 6.92 Å². The minimum atomic E-state index is -4.47. The van der Waals surface area contributed by atoms with Gasteiger partial charge in [0.05, 0.1) is 23.1 Å². The van der Waals surface area contributed by atoms with Crippen LogP contribution in [0.1, 0.15) is 44.3 Å². The third kappa shape index (κ3) is 3.47. The van der Waals surface area contributed by atoms with Gasteiger partial charge in [0.25, 0.3) is 11.8 Å². The largest absolute Gasteiger partial charge is 0.425 e. The van der Waals surface area contributed by atoms with Gasteiger partial charge in [-0.05, 0) is 37.6 Å². The highest BCUT2D eigenvalue weighted by atomic mass is 32.1. The van der Waals surface area contributed by atoms with Crippen molar-refractivity contribution in [2.45, 2.75) is 26.1 Å². The van der Waals surface area contributed by atoms with Crippen LogP contribution in [-0.2, 0) is 6.18 Å². The predicted octanol–water partition coefficient (Wildman–Crippen LogP) is 4.75. The fourth-order valence-corrected chi connectivity index (χ4v) is 4.18. The second-order valence-corrected chi connectivity index (χ2v) is 7.97. The van der Waals surface area contributed by atoms with Gasteiger partial charge in [-0.25, -0.2) is 0 Å². The maximum atomic E-state index is 13.2. The lowest BCUT2D eigenvalue weighted by molar-refractivity contribution is -0.134. The van der Waals surface area contributed by atoms with Crippen LogP contribution < -0.4 is 10.2 Å². The average molecular weight is 434 g/mol. The van der Waals surface area contributed by atoms with Gasteiger partial charge in [-0.15, -0.1) is 11.3 Å². The van der Waals surface area contributed by atoms with Crippen molar-refractivity contribution in [2.75, 3.05) is 16.8 Å². The molecule has 0 aromatic carbocycles. The van der Waals surface area contributed by atoms with Gasteiger partial charge in [-0.2, -0.15) is 13.2 Å². The smallest absolute Gasteiger partial charge is 0.338 e. The van der Waals surface area contributed by atoms with Gasteiger partial charge < -0.3 is 14.8 Å². The molecule has 2 amide bonds. The molecule has 0 aliphatic carbocycles. The number of pyridine rings is 1. The van der Waals surface area contributed by atoms with Gasteiger partial charge in [-0.1, -0.05) is 0 Å². The summed E-state index contributed by atoms with van der Waals surface area (Å²) < 4.78 is 40.6. The van der Waals surface area contributed by atoms with Crippen molar-refractivity contribution >= 4 is 34.5 Å². The third-order valence-corrected chi connectivity index (χ3v) is 5.96. The second kappa shape index (κ2) is 7.28. The molecule has 3 aromatic rings. The van der Waals surface area contributed by atoms with Gasteiger partial charge >= 0.3 is 6.18 Å². The first kappa shape index (κ1) is 20.1. The molecule has 4 heterocycles. The summed E-state index contributed by atoms with van der Waals surface area (Å²) in [5.74, 6) is -0.999. The topological polar surface area (TPSA) is 67.2 Å². The molecule has 3 aromatic heterocycles. The first-order valence-corrected chi connectivity index (χ1v) is 9.95. The summed E-state index contributed by atoms with van der Waals surface area (Å²) >= 11 is 0.539. The van der Waals surface area contributed by atoms with Crippen LogP contribution in [-0.4, -0.2) is 27.9 Å². The summed E-state index contributed by atoms with van der Waals surface area (Å²) in [6.45, 7) is 3.86. The van der Waals surface area contributed by atoms with Gasteiger partial charge in [0.2, 0.25) is 0 Å². The van der Waals surface area contributed by atoms with Crippen LogP contribution in [0.2, 0.25) is 0 Å². The molecule has 1 aliphatic rings. The summed E-state index contributed by atoms with van der Waals surface area (Å²) in [4.78, 5) is 30.5. The monoisotopic (exact) mass is 434 g/mol. The van der Waals surface area contributed by atoms with Crippen LogP contribution in [0.15, 0.2) is 42.2 Å². The first-order valence-electron chi connectivity index (χ1n) is 9.07. The maximum Gasteiger partial charge on any atom is 0.425 e. The molecular formula is C20H17F3N4O2S. The fourth-order valence-electron chi connectivity index (χ4n) is 3.41. The molecule has 156 valence electrons. The Morgan fingerprint density at radius 3 is 2.77 bits per heavy atom. The summed E-state index contributed by atoms with van der Waals surface area (Å²) in [7, 11) is 0. The normalized spacial score (nSPS) is 16.5. The summed E-state index contributed by atoms with van der Waals surface area (Å²) in [5, 5.41) is 4.05. The van der Waals surface area contributed by atoms with E-state index in [9.17, 15) is 22.8 Å². The van der Waals surface area contributed by atoms with Gasteiger partial charge in [0.1, 0.15) is 10.6 Å². The number of rotatable bonds is 3. The van der Waals surface area contributed by atoms with Crippen LogP contribution in [0.25, 0.3) is 0 Å². The number of aromatic nitrogens is 2. The van der Waals surface area contributed by atoms with Gasteiger partial charge in [0, 0.05) is 30.4 Å². The number of alkyl halides is 3. The van der Waals surface area contributed by atoms with E-state index in [4.69, 9.17) is 0 Å². The number of anilines is 2. The third-order valence-electron chi connectivity index (χ3n) is 4.99. The molecule has 1 aliphatic heterocycles. The fraction of sp³-hybridized carbons (Fsp3) is 0.250. The minimum absolute atomic E-state index is 0.146. The highest BCUT2D eigenvalue weighted by Gasteiger charge is 2.37. The Hall–Kier alpha value is -3.14. The number of nitrogens with zero attached hydrogens (tertiary/aromatic N) is 3. The van der Waals surface area contributed by atoms with Crippen molar-refractivity contribution < 1.29 is 22.8 Å². The lowest BCUT2D eigenvalue weighted by Gasteiger charge is -2.32. The second-order valence-electron chi connectivity index (χ2n) is 7.06. The molecule has 0 radical (unpaired) electrons. The van der Waals surface area contributed by atoms with E-state index in [1.54, 1.807) is 29.1 Å². The first-order chi connectivity index (χ1) is 14.2. The van der Waals surface area contributed by atoms with E-state index in [0.29, 0.717) is 17.0 Å². The zero-order valence-electron chi connectivity index (χ0n) is 16.0. The predicted molar refractivity (Wildman–Crippen MR) is 107 cm³/mol. The minimum Gasteiger partial charge on any atom is -0.338 e. The number of hydrogen-bond donors (Lipinski definition) is 1. The molecule has 0 bridgehead atoms. The molecule has 0 unspecified atom stereocenters. The molecule has 1 N–H and O–H groups in total. The Labute approximate surface area is 174 Å². The van der Waals surface area contributed by atoms with E-state index < -0.39 is 22.9 Å². The van der Waals surface area contributed by atoms with Crippen LogP contribution in [0.3, 0.4) is 0 Å². The van der Waals surface area contributed by atoms with Gasteiger partial charge in [-0.3, -0.25) is 14.6 Å². The van der Waals surface area contributed by atoms with Crippen LogP contribution in [0.5, 0.6) is 0 Å². The van der Waals surface area contributed by atoms with E-state index in [1.807, 2.05) is 13.8 Å². The Morgan fingerprint density at radius 1 is 1.33 bits per heavy atom.